The largest absolute Gasteiger partial charge is 0.710 e. The fraction of sp³-hybridized carbons (Fsp3) is 0. The van der Waals surface area contributed by atoms with Gasteiger partial charge in [0, 0.05) is 28.2 Å². The summed E-state index contributed by atoms with van der Waals surface area (Å²) in [5.74, 6) is 0.0676. The second-order valence-electron chi connectivity index (χ2n) is 5.29. The van der Waals surface area contributed by atoms with E-state index in [4.69, 9.17) is 23.2 Å². The summed E-state index contributed by atoms with van der Waals surface area (Å²) in [5.41, 5.74) is 1.25. The molecule has 0 bridgehead atoms. The highest BCUT2D eigenvalue weighted by atomic mass is 35.5. The van der Waals surface area contributed by atoms with Crippen molar-refractivity contribution in [1.82, 2.24) is 4.98 Å². The van der Waals surface area contributed by atoms with Crippen LogP contribution in [0.25, 0.3) is 23.5 Å². The number of nitro benzene ring substituents is 1. The first-order chi connectivity index (χ1) is 12.5. The number of halogens is 2. The molecule has 0 aliphatic carbocycles. The molecule has 0 fully saturated rings. The van der Waals surface area contributed by atoms with Crippen molar-refractivity contribution >= 4 is 41.0 Å². The van der Waals surface area contributed by atoms with Crippen LogP contribution < -0.4 is 4.73 Å². The van der Waals surface area contributed by atoms with Gasteiger partial charge in [0.2, 0.25) is 0 Å². The Hall–Kier alpha value is -2.96. The van der Waals surface area contributed by atoms with Crippen molar-refractivity contribution < 1.29 is 9.65 Å². The van der Waals surface area contributed by atoms with Gasteiger partial charge in [-0.05, 0) is 40.9 Å². The maximum atomic E-state index is 12.6. The van der Waals surface area contributed by atoms with Crippen molar-refractivity contribution in [3.63, 3.8) is 0 Å². The summed E-state index contributed by atoms with van der Waals surface area (Å²) in [6.45, 7) is 0. The molecule has 1 aromatic heterocycles. The van der Waals surface area contributed by atoms with Crippen LogP contribution in [0.3, 0.4) is 0 Å². The molecule has 2 aromatic carbocycles. The minimum Gasteiger partial charge on any atom is -0.710 e. The smallest absolute Gasteiger partial charge is 0.333 e. The Morgan fingerprint density at radius 3 is 2.62 bits per heavy atom. The van der Waals surface area contributed by atoms with Crippen LogP contribution in [0.1, 0.15) is 11.3 Å². The lowest BCUT2D eigenvalue weighted by Crippen LogP contribution is -2.33. The molecule has 0 saturated carbocycles. The molecule has 0 radical (unpaired) electrons. The summed E-state index contributed by atoms with van der Waals surface area (Å²) in [5, 5.41) is 24.5. The number of nitro groups is 1. The van der Waals surface area contributed by atoms with E-state index in [1.807, 2.05) is 0 Å². The first kappa shape index (κ1) is 17.8. The summed E-state index contributed by atoms with van der Waals surface area (Å²) in [6, 6.07) is 12.3. The van der Waals surface area contributed by atoms with Crippen molar-refractivity contribution in [1.29, 1.82) is 0 Å². The van der Waals surface area contributed by atoms with Crippen LogP contribution in [0.4, 0.5) is 5.69 Å². The lowest BCUT2D eigenvalue weighted by atomic mass is 10.1. The van der Waals surface area contributed by atoms with Crippen molar-refractivity contribution in [3.05, 3.63) is 91.4 Å². The Balaban J connectivity index is 1.98. The Bertz CT molecular complexity index is 1020. The molecule has 130 valence electrons. The molecular weight excluding hydrogens is 377 g/mol. The van der Waals surface area contributed by atoms with Crippen molar-refractivity contribution in [3.8, 4) is 11.4 Å². The van der Waals surface area contributed by atoms with Gasteiger partial charge in [0.25, 0.3) is 5.69 Å². The normalized spacial score (nSPS) is 11.0. The number of rotatable bonds is 4. The molecule has 0 spiro atoms. The second-order valence-corrected chi connectivity index (χ2v) is 6.14. The topological polar surface area (TPSA) is 83.0 Å². The molecule has 0 atom stereocenters. The Morgan fingerprint density at radius 2 is 1.88 bits per heavy atom. The maximum absolute atomic E-state index is 12.6. The third-order valence-electron chi connectivity index (χ3n) is 3.58. The van der Waals surface area contributed by atoms with Gasteiger partial charge < -0.3 is 5.21 Å². The summed E-state index contributed by atoms with van der Waals surface area (Å²) < 4.78 is 0.610. The average Bonchev–Trinajstić information content (AvgIpc) is 2.62. The van der Waals surface area contributed by atoms with Gasteiger partial charge in [-0.1, -0.05) is 35.3 Å². The zero-order valence-electron chi connectivity index (χ0n) is 13.2. The molecule has 3 aromatic rings. The Labute approximate surface area is 158 Å². The van der Waals surface area contributed by atoms with Gasteiger partial charge in [-0.25, -0.2) is 4.73 Å². The highest BCUT2D eigenvalue weighted by molar-refractivity contribution is 6.35. The van der Waals surface area contributed by atoms with Gasteiger partial charge >= 0.3 is 5.82 Å². The Kier molecular flexibility index (Phi) is 5.16. The fourth-order valence-corrected chi connectivity index (χ4v) is 2.78. The van der Waals surface area contributed by atoms with Crippen molar-refractivity contribution in [2.75, 3.05) is 0 Å². The first-order valence-corrected chi connectivity index (χ1v) is 8.18. The average molecular weight is 388 g/mol. The third-order valence-corrected chi connectivity index (χ3v) is 4.14. The van der Waals surface area contributed by atoms with E-state index in [1.54, 1.807) is 36.4 Å². The molecule has 6 nitrogen and oxygen atoms in total. The van der Waals surface area contributed by atoms with Gasteiger partial charge in [0.05, 0.1) is 10.5 Å². The molecule has 0 amide bonds. The molecule has 3 rings (SSSR count). The van der Waals surface area contributed by atoms with E-state index in [-0.39, 0.29) is 11.5 Å². The Morgan fingerprint density at radius 1 is 1.08 bits per heavy atom. The number of nitrogens with zero attached hydrogens (tertiary/aromatic N) is 3. The summed E-state index contributed by atoms with van der Waals surface area (Å²) in [6.07, 6.45) is 4.73. The predicted molar refractivity (Wildman–Crippen MR) is 101 cm³/mol. The van der Waals surface area contributed by atoms with Crippen LogP contribution in [-0.4, -0.2) is 9.91 Å². The van der Waals surface area contributed by atoms with Crippen LogP contribution in [0, 0.1) is 15.3 Å². The van der Waals surface area contributed by atoms with Gasteiger partial charge in [-0.15, -0.1) is 0 Å². The highest BCUT2D eigenvalue weighted by Gasteiger charge is 2.16. The molecule has 1 heterocycles. The van der Waals surface area contributed by atoms with E-state index in [0.717, 1.165) is 0 Å². The van der Waals surface area contributed by atoms with E-state index in [2.05, 4.69) is 4.98 Å². The molecule has 26 heavy (non-hydrogen) atoms. The lowest BCUT2D eigenvalue weighted by Gasteiger charge is -2.09. The molecular formula is C18H11Cl2N3O3. The molecule has 0 saturated heterocycles. The van der Waals surface area contributed by atoms with Crippen LogP contribution in [0.5, 0.6) is 0 Å². The summed E-state index contributed by atoms with van der Waals surface area (Å²) in [4.78, 5) is 14.4. The number of benzene rings is 2. The zero-order valence-corrected chi connectivity index (χ0v) is 14.7. The van der Waals surface area contributed by atoms with E-state index in [9.17, 15) is 15.3 Å². The molecule has 0 N–H and O–H groups in total. The van der Waals surface area contributed by atoms with E-state index in [0.29, 0.717) is 31.6 Å². The molecule has 8 heteroatoms. The van der Waals surface area contributed by atoms with E-state index in [1.165, 1.54) is 30.5 Å². The van der Waals surface area contributed by atoms with Crippen LogP contribution in [0.2, 0.25) is 10.0 Å². The van der Waals surface area contributed by atoms with Crippen LogP contribution in [0.15, 0.2) is 54.7 Å². The summed E-state index contributed by atoms with van der Waals surface area (Å²) in [7, 11) is 0. The highest BCUT2D eigenvalue weighted by Crippen LogP contribution is 2.23. The van der Waals surface area contributed by atoms with Crippen molar-refractivity contribution in [2.24, 2.45) is 0 Å². The minimum absolute atomic E-state index is 0.0676. The van der Waals surface area contributed by atoms with Crippen LogP contribution in [-0.2, 0) is 0 Å². The third kappa shape index (κ3) is 3.82. The molecule has 0 aliphatic heterocycles. The lowest BCUT2D eigenvalue weighted by molar-refractivity contribution is -0.598. The van der Waals surface area contributed by atoms with E-state index >= 15 is 0 Å². The van der Waals surface area contributed by atoms with E-state index < -0.39 is 4.92 Å². The number of hydrogen-bond acceptors (Lipinski definition) is 4. The zero-order chi connectivity index (χ0) is 18.7. The monoisotopic (exact) mass is 387 g/mol. The predicted octanol–water partition coefficient (Wildman–Crippen LogP) is 4.77. The van der Waals surface area contributed by atoms with Crippen LogP contribution >= 0.6 is 23.2 Å². The quantitative estimate of drug-likeness (QED) is 0.279. The van der Waals surface area contributed by atoms with Gasteiger partial charge in [0.1, 0.15) is 11.9 Å². The maximum Gasteiger partial charge on any atom is 0.333 e. The number of non-ortho nitro benzene ring substituents is 1. The fourth-order valence-electron chi connectivity index (χ4n) is 2.31. The number of aromatic nitrogens is 2. The van der Waals surface area contributed by atoms with Gasteiger partial charge in [-0.3, -0.25) is 10.1 Å². The minimum atomic E-state index is -0.523. The first-order valence-electron chi connectivity index (χ1n) is 7.42. The summed E-state index contributed by atoms with van der Waals surface area (Å²) >= 11 is 12.0. The van der Waals surface area contributed by atoms with Crippen molar-refractivity contribution in [2.45, 2.75) is 0 Å². The standard InChI is InChI=1S/C18H11Cl2N3O3/c19-14-6-4-12(17(20)11-14)5-7-15-8-9-21-18(22(15)24)13-2-1-3-16(10-13)23(25)26/h1-11H/b7-5+. The van der Waals surface area contributed by atoms with Gasteiger partial charge in [0.15, 0.2) is 0 Å². The molecule has 0 unspecified atom stereocenters. The second kappa shape index (κ2) is 7.51. The van der Waals surface area contributed by atoms with Gasteiger partial charge in [-0.2, -0.15) is 0 Å². The molecule has 0 aliphatic rings. The SMILES string of the molecule is O=[N+]([O-])c1cccc(-c2nccc(/C=C/c3ccc(Cl)cc3Cl)[n+]2[O-])c1. The number of hydrogen-bond donors (Lipinski definition) is 0.